The second-order valence-electron chi connectivity index (χ2n) is 8.48. The molecule has 28 heavy (non-hydrogen) atoms. The Kier molecular flexibility index (Phi) is 14.6. The van der Waals surface area contributed by atoms with E-state index in [1.165, 1.54) is 25.7 Å². The van der Waals surface area contributed by atoms with Crippen molar-refractivity contribution in [1.29, 1.82) is 0 Å². The molecule has 0 amide bonds. The number of allylic oxidation sites excluding steroid dienone is 3. The lowest BCUT2D eigenvalue weighted by Crippen LogP contribution is -2.23. The first-order chi connectivity index (χ1) is 13.6. The fraction of sp³-hybridized carbons (Fsp3) is 0.833. The molecule has 1 fully saturated rings. The van der Waals surface area contributed by atoms with Crippen molar-refractivity contribution in [2.75, 3.05) is 20.3 Å². The first-order valence-electron chi connectivity index (χ1n) is 11.5. The van der Waals surface area contributed by atoms with Crippen LogP contribution in [0.4, 0.5) is 0 Å². The summed E-state index contributed by atoms with van der Waals surface area (Å²) < 4.78 is 5.66. The van der Waals surface area contributed by atoms with Gasteiger partial charge in [0.25, 0.3) is 0 Å². The summed E-state index contributed by atoms with van der Waals surface area (Å²) in [7, 11) is 1.76. The molecule has 4 heteroatoms. The van der Waals surface area contributed by atoms with Gasteiger partial charge in [0.15, 0.2) is 0 Å². The molecule has 0 aromatic rings. The fourth-order valence-electron chi connectivity index (χ4n) is 4.07. The zero-order valence-corrected chi connectivity index (χ0v) is 18.5. The van der Waals surface area contributed by atoms with Gasteiger partial charge in [-0.2, -0.15) is 0 Å². The fourth-order valence-corrected chi connectivity index (χ4v) is 4.07. The Morgan fingerprint density at radius 3 is 2.43 bits per heavy atom. The molecule has 164 valence electrons. The summed E-state index contributed by atoms with van der Waals surface area (Å²) in [6.07, 6.45) is 19.6. The highest BCUT2D eigenvalue weighted by Crippen LogP contribution is 2.38. The van der Waals surface area contributed by atoms with Crippen molar-refractivity contribution < 1.29 is 14.9 Å². The smallest absolute Gasteiger partial charge is 0.0662 e. The van der Waals surface area contributed by atoms with E-state index in [9.17, 15) is 5.11 Å². The third-order valence-electron chi connectivity index (χ3n) is 5.76. The van der Waals surface area contributed by atoms with Crippen LogP contribution in [0.2, 0.25) is 0 Å². The van der Waals surface area contributed by atoms with E-state index in [4.69, 9.17) is 9.84 Å². The standard InChI is InChI=1S/C24H45NO3/c1-20(2)25-17-13-9-6-8-11-15-21-22(24(28-3)19-23(21)27)16-12-7-4-5-10-14-18-26/h8,11-12,16,20-27H,4-7,9-10,13-15,17-19H2,1-3H3/b11-8-,16-12+/t21?,22-,23+,24-/m1/s1. The number of hydrogen-bond acceptors (Lipinski definition) is 4. The van der Waals surface area contributed by atoms with Crippen LogP contribution in [0.15, 0.2) is 24.3 Å². The van der Waals surface area contributed by atoms with Gasteiger partial charge in [0.1, 0.15) is 0 Å². The summed E-state index contributed by atoms with van der Waals surface area (Å²) in [5.41, 5.74) is 0. The topological polar surface area (TPSA) is 61.7 Å². The minimum absolute atomic E-state index is 0.126. The van der Waals surface area contributed by atoms with Crippen LogP contribution in [0.5, 0.6) is 0 Å². The van der Waals surface area contributed by atoms with E-state index in [-0.39, 0.29) is 18.1 Å². The molecule has 1 aliphatic rings. The van der Waals surface area contributed by atoms with Gasteiger partial charge in [-0.25, -0.2) is 0 Å². The molecule has 0 radical (unpaired) electrons. The number of ether oxygens (including phenoxy) is 1. The van der Waals surface area contributed by atoms with Crippen LogP contribution in [0, 0.1) is 11.8 Å². The van der Waals surface area contributed by atoms with Crippen LogP contribution in [0.1, 0.15) is 78.1 Å². The number of unbranched alkanes of at least 4 members (excludes halogenated alkanes) is 6. The monoisotopic (exact) mass is 395 g/mol. The molecular weight excluding hydrogens is 350 g/mol. The zero-order chi connectivity index (χ0) is 20.6. The van der Waals surface area contributed by atoms with E-state index in [0.29, 0.717) is 18.6 Å². The average molecular weight is 396 g/mol. The van der Waals surface area contributed by atoms with Crippen molar-refractivity contribution in [3.8, 4) is 0 Å². The van der Waals surface area contributed by atoms with Gasteiger partial charge in [0.05, 0.1) is 12.2 Å². The lowest BCUT2D eigenvalue weighted by molar-refractivity contribution is 0.0749. The minimum Gasteiger partial charge on any atom is -0.396 e. The van der Waals surface area contributed by atoms with Gasteiger partial charge in [0, 0.05) is 32.1 Å². The number of hydrogen-bond donors (Lipinski definition) is 3. The number of rotatable bonds is 16. The summed E-state index contributed by atoms with van der Waals surface area (Å²) in [4.78, 5) is 0. The number of aliphatic hydroxyl groups excluding tert-OH is 2. The molecule has 0 aromatic carbocycles. The molecule has 0 bridgehead atoms. The van der Waals surface area contributed by atoms with Gasteiger partial charge < -0.3 is 20.3 Å². The predicted octanol–water partition coefficient (Wildman–Crippen LogP) is 4.61. The maximum Gasteiger partial charge on any atom is 0.0662 e. The average Bonchev–Trinajstić information content (AvgIpc) is 2.97. The first-order valence-corrected chi connectivity index (χ1v) is 11.5. The highest BCUT2D eigenvalue weighted by atomic mass is 16.5. The van der Waals surface area contributed by atoms with E-state index in [2.05, 4.69) is 43.5 Å². The molecular formula is C24H45NO3. The van der Waals surface area contributed by atoms with Crippen LogP contribution in [0.3, 0.4) is 0 Å². The largest absolute Gasteiger partial charge is 0.396 e. The van der Waals surface area contributed by atoms with Crippen molar-refractivity contribution in [3.05, 3.63) is 24.3 Å². The summed E-state index contributed by atoms with van der Waals surface area (Å²) in [5.74, 6) is 0.562. The maximum absolute atomic E-state index is 10.5. The molecule has 1 unspecified atom stereocenters. The predicted molar refractivity (Wildman–Crippen MR) is 118 cm³/mol. The maximum atomic E-state index is 10.5. The molecule has 1 aliphatic carbocycles. The minimum atomic E-state index is -0.274. The summed E-state index contributed by atoms with van der Waals surface area (Å²) >= 11 is 0. The van der Waals surface area contributed by atoms with Crippen LogP contribution in [-0.2, 0) is 4.74 Å². The highest BCUT2D eigenvalue weighted by molar-refractivity contribution is 5.05. The van der Waals surface area contributed by atoms with Crippen molar-refractivity contribution >= 4 is 0 Å². The third kappa shape index (κ3) is 10.8. The number of nitrogens with one attached hydrogen (secondary N) is 1. The van der Waals surface area contributed by atoms with E-state index in [1.807, 2.05) is 0 Å². The Labute approximate surface area is 173 Å². The van der Waals surface area contributed by atoms with E-state index in [0.717, 1.165) is 45.1 Å². The van der Waals surface area contributed by atoms with Crippen LogP contribution >= 0.6 is 0 Å². The number of aliphatic hydroxyl groups is 2. The Hall–Kier alpha value is -0.680. The molecule has 0 heterocycles. The van der Waals surface area contributed by atoms with Gasteiger partial charge in [0.2, 0.25) is 0 Å². The summed E-state index contributed by atoms with van der Waals surface area (Å²) in [5, 5.41) is 22.8. The van der Waals surface area contributed by atoms with Crippen LogP contribution < -0.4 is 5.32 Å². The quantitative estimate of drug-likeness (QED) is 0.264. The third-order valence-corrected chi connectivity index (χ3v) is 5.76. The lowest BCUT2D eigenvalue weighted by atomic mass is 9.89. The lowest BCUT2D eigenvalue weighted by Gasteiger charge is -2.20. The zero-order valence-electron chi connectivity index (χ0n) is 18.5. The molecule has 1 rings (SSSR count). The van der Waals surface area contributed by atoms with Crippen molar-refractivity contribution in [1.82, 2.24) is 5.32 Å². The van der Waals surface area contributed by atoms with E-state index in [1.54, 1.807) is 7.11 Å². The molecule has 0 spiro atoms. The van der Waals surface area contributed by atoms with E-state index >= 15 is 0 Å². The van der Waals surface area contributed by atoms with Crippen molar-refractivity contribution in [2.24, 2.45) is 11.8 Å². The Balaban J connectivity index is 2.34. The Morgan fingerprint density at radius 1 is 1.00 bits per heavy atom. The SMILES string of the molecule is CO[C@@H]1C[C@H](O)C(C/C=C\CCCCNC(C)C)[C@H]1/C=C/CCCCCCO. The summed E-state index contributed by atoms with van der Waals surface area (Å²) in [6, 6.07) is 0.568. The number of methoxy groups -OCH3 is 1. The van der Waals surface area contributed by atoms with Gasteiger partial charge in [-0.05, 0) is 57.4 Å². The van der Waals surface area contributed by atoms with Gasteiger partial charge >= 0.3 is 0 Å². The molecule has 0 saturated heterocycles. The van der Waals surface area contributed by atoms with Crippen LogP contribution in [0.25, 0.3) is 0 Å². The first kappa shape index (κ1) is 25.4. The molecule has 1 saturated carbocycles. The van der Waals surface area contributed by atoms with Gasteiger partial charge in [-0.1, -0.05) is 51.0 Å². The van der Waals surface area contributed by atoms with E-state index < -0.39 is 0 Å². The summed E-state index contributed by atoms with van der Waals surface area (Å²) in [6.45, 7) is 5.76. The highest BCUT2D eigenvalue weighted by Gasteiger charge is 2.40. The molecule has 3 N–H and O–H groups in total. The van der Waals surface area contributed by atoms with Gasteiger partial charge in [-0.15, -0.1) is 0 Å². The normalized spacial score (nSPS) is 25.6. The van der Waals surface area contributed by atoms with Gasteiger partial charge in [-0.3, -0.25) is 0 Å². The molecule has 4 nitrogen and oxygen atoms in total. The van der Waals surface area contributed by atoms with Crippen molar-refractivity contribution in [2.45, 2.75) is 96.3 Å². The molecule has 4 atom stereocenters. The van der Waals surface area contributed by atoms with Crippen molar-refractivity contribution in [3.63, 3.8) is 0 Å². The second kappa shape index (κ2) is 16.2. The molecule has 0 aliphatic heterocycles. The van der Waals surface area contributed by atoms with Crippen LogP contribution in [-0.4, -0.2) is 48.7 Å². The second-order valence-corrected chi connectivity index (χ2v) is 8.48. The Bertz CT molecular complexity index is 422. The Morgan fingerprint density at radius 2 is 1.71 bits per heavy atom. The molecule has 0 aromatic heterocycles.